The Morgan fingerprint density at radius 3 is 2.56 bits per heavy atom. The Balaban J connectivity index is 1.71. The lowest BCUT2D eigenvalue weighted by Gasteiger charge is -2.05. The van der Waals surface area contributed by atoms with Gasteiger partial charge in [0.2, 0.25) is 0 Å². The van der Waals surface area contributed by atoms with Crippen LogP contribution in [0.3, 0.4) is 0 Å². The third kappa shape index (κ3) is 3.52. The number of hydrogen-bond donors (Lipinski definition) is 1. The summed E-state index contributed by atoms with van der Waals surface area (Å²) >= 11 is 0. The highest BCUT2D eigenvalue weighted by molar-refractivity contribution is 5.95. The summed E-state index contributed by atoms with van der Waals surface area (Å²) in [5, 5.41) is 3.77. The molecule has 8 heteroatoms. The number of nitrogens with zero attached hydrogens (tertiary/aromatic N) is 3. The zero-order valence-electron chi connectivity index (χ0n) is 13.1. The van der Waals surface area contributed by atoms with E-state index in [1.165, 1.54) is 18.3 Å². The van der Waals surface area contributed by atoms with E-state index in [1.807, 2.05) is 12.1 Å². The van der Waals surface area contributed by atoms with Gasteiger partial charge in [-0.2, -0.15) is 18.3 Å². The topological polar surface area (TPSA) is 58.8 Å². The van der Waals surface area contributed by atoms with Gasteiger partial charge >= 0.3 is 6.18 Å². The van der Waals surface area contributed by atoms with E-state index >= 15 is 0 Å². The van der Waals surface area contributed by atoms with E-state index in [0.29, 0.717) is 16.9 Å². The zero-order chi connectivity index (χ0) is 18.0. The average molecular weight is 346 g/mol. The van der Waals surface area contributed by atoms with E-state index in [-0.39, 0.29) is 5.69 Å². The second kappa shape index (κ2) is 6.39. The number of fused-ring (bicyclic) bond motifs is 1. The van der Waals surface area contributed by atoms with Crippen molar-refractivity contribution in [3.63, 3.8) is 0 Å². The van der Waals surface area contributed by atoms with Crippen LogP contribution in [0, 0.1) is 6.92 Å². The standard InChI is InChI=1S/C17H13F3N4O/c1-11-15(22-14-4-2-3-9-24(11)14)16(25)23-21-10-12-5-7-13(8-6-12)17(18,19)20/h2-10H,1H3,(H,23,25)/b21-10-. The normalized spacial score (nSPS) is 12.0. The molecule has 1 N–H and O–H groups in total. The molecule has 0 aliphatic heterocycles. The number of halogens is 3. The van der Waals surface area contributed by atoms with Crippen LogP contribution >= 0.6 is 0 Å². The SMILES string of the molecule is Cc1c(C(=O)N/N=C\c2ccc(C(F)(F)F)cc2)nc2ccccn12. The van der Waals surface area contributed by atoms with Gasteiger partial charge in [-0.1, -0.05) is 18.2 Å². The van der Waals surface area contributed by atoms with Gasteiger partial charge in [-0.05, 0) is 36.8 Å². The van der Waals surface area contributed by atoms with Gasteiger partial charge in [0.1, 0.15) is 5.65 Å². The number of imidazole rings is 1. The van der Waals surface area contributed by atoms with Crippen LogP contribution < -0.4 is 5.43 Å². The third-order valence-electron chi connectivity index (χ3n) is 3.60. The lowest BCUT2D eigenvalue weighted by Crippen LogP contribution is -2.19. The molecule has 3 aromatic rings. The van der Waals surface area contributed by atoms with Crippen molar-refractivity contribution < 1.29 is 18.0 Å². The van der Waals surface area contributed by atoms with Crippen molar-refractivity contribution in [2.75, 3.05) is 0 Å². The van der Waals surface area contributed by atoms with Gasteiger partial charge in [-0.25, -0.2) is 10.4 Å². The maximum atomic E-state index is 12.5. The molecular formula is C17H13F3N4O. The smallest absolute Gasteiger partial charge is 0.304 e. The first-order chi connectivity index (χ1) is 11.9. The molecule has 0 bridgehead atoms. The Labute approximate surface area is 140 Å². The lowest BCUT2D eigenvalue weighted by atomic mass is 10.1. The van der Waals surface area contributed by atoms with Crippen molar-refractivity contribution in [3.8, 4) is 0 Å². The first kappa shape index (κ1) is 16.7. The number of alkyl halides is 3. The van der Waals surface area contributed by atoms with Crippen molar-refractivity contribution in [2.45, 2.75) is 13.1 Å². The van der Waals surface area contributed by atoms with E-state index in [0.717, 1.165) is 12.1 Å². The number of benzene rings is 1. The molecule has 2 heterocycles. The van der Waals surface area contributed by atoms with E-state index in [4.69, 9.17) is 0 Å². The van der Waals surface area contributed by atoms with Crippen LogP contribution in [0.2, 0.25) is 0 Å². The van der Waals surface area contributed by atoms with Crippen LogP contribution in [0.1, 0.15) is 27.3 Å². The van der Waals surface area contributed by atoms with Crippen molar-refractivity contribution in [1.29, 1.82) is 0 Å². The summed E-state index contributed by atoms with van der Waals surface area (Å²) in [6, 6.07) is 9.86. The molecule has 0 aliphatic rings. The van der Waals surface area contributed by atoms with Gasteiger partial charge < -0.3 is 4.40 Å². The second-order valence-electron chi connectivity index (χ2n) is 5.29. The lowest BCUT2D eigenvalue weighted by molar-refractivity contribution is -0.137. The predicted molar refractivity (Wildman–Crippen MR) is 86.4 cm³/mol. The number of rotatable bonds is 3. The van der Waals surface area contributed by atoms with Crippen LogP contribution in [-0.2, 0) is 6.18 Å². The summed E-state index contributed by atoms with van der Waals surface area (Å²) in [5.74, 6) is -0.496. The fourth-order valence-electron chi connectivity index (χ4n) is 2.31. The van der Waals surface area contributed by atoms with Gasteiger partial charge in [-0.3, -0.25) is 4.79 Å². The summed E-state index contributed by atoms with van der Waals surface area (Å²) in [4.78, 5) is 16.4. The number of hydrazone groups is 1. The van der Waals surface area contributed by atoms with Gasteiger partial charge in [0.15, 0.2) is 5.69 Å². The third-order valence-corrected chi connectivity index (χ3v) is 3.60. The quantitative estimate of drug-likeness (QED) is 0.583. The minimum absolute atomic E-state index is 0.232. The summed E-state index contributed by atoms with van der Waals surface area (Å²) < 4.78 is 39.2. The second-order valence-corrected chi connectivity index (χ2v) is 5.29. The van der Waals surface area contributed by atoms with Gasteiger partial charge in [0.05, 0.1) is 17.5 Å². The molecule has 0 atom stereocenters. The largest absolute Gasteiger partial charge is 0.416 e. The number of pyridine rings is 1. The summed E-state index contributed by atoms with van der Waals surface area (Å²) in [6.45, 7) is 1.76. The average Bonchev–Trinajstić information content (AvgIpc) is 2.92. The molecule has 1 aromatic carbocycles. The molecular weight excluding hydrogens is 333 g/mol. The Hall–Kier alpha value is -3.16. The van der Waals surface area contributed by atoms with Gasteiger partial charge in [0, 0.05) is 6.20 Å². The van der Waals surface area contributed by atoms with Crippen molar-refractivity contribution in [1.82, 2.24) is 14.8 Å². The molecule has 3 rings (SSSR count). The highest BCUT2D eigenvalue weighted by atomic mass is 19.4. The highest BCUT2D eigenvalue weighted by Crippen LogP contribution is 2.28. The van der Waals surface area contributed by atoms with Crippen LogP contribution in [0.5, 0.6) is 0 Å². The summed E-state index contributed by atoms with van der Waals surface area (Å²) in [6.07, 6.45) is -1.33. The maximum absolute atomic E-state index is 12.5. The summed E-state index contributed by atoms with van der Waals surface area (Å²) in [7, 11) is 0. The van der Waals surface area contributed by atoms with E-state index in [9.17, 15) is 18.0 Å². The highest BCUT2D eigenvalue weighted by Gasteiger charge is 2.29. The van der Waals surface area contributed by atoms with Crippen molar-refractivity contribution in [2.24, 2.45) is 5.10 Å². The number of nitrogens with one attached hydrogen (secondary N) is 1. The first-order valence-corrected chi connectivity index (χ1v) is 7.30. The van der Waals surface area contributed by atoms with Crippen LogP contribution in [0.15, 0.2) is 53.8 Å². The van der Waals surface area contributed by atoms with E-state index in [1.54, 1.807) is 23.6 Å². The minimum Gasteiger partial charge on any atom is -0.304 e. The Morgan fingerprint density at radius 1 is 1.20 bits per heavy atom. The van der Waals surface area contributed by atoms with Gasteiger partial charge in [0.25, 0.3) is 5.91 Å². The van der Waals surface area contributed by atoms with Crippen molar-refractivity contribution in [3.05, 3.63) is 71.2 Å². The maximum Gasteiger partial charge on any atom is 0.416 e. The monoisotopic (exact) mass is 346 g/mol. The fourth-order valence-corrected chi connectivity index (χ4v) is 2.31. The number of amides is 1. The number of carbonyl (C=O) groups excluding carboxylic acids is 1. The predicted octanol–water partition coefficient (Wildman–Crippen LogP) is 3.43. The molecule has 0 saturated carbocycles. The molecule has 0 spiro atoms. The number of carbonyl (C=O) groups is 1. The summed E-state index contributed by atoms with van der Waals surface area (Å²) in [5.41, 5.74) is 3.55. The molecule has 2 aromatic heterocycles. The first-order valence-electron chi connectivity index (χ1n) is 7.30. The van der Waals surface area contributed by atoms with Crippen LogP contribution in [-0.4, -0.2) is 21.5 Å². The minimum atomic E-state index is -4.38. The van der Waals surface area contributed by atoms with E-state index < -0.39 is 17.6 Å². The molecule has 0 fully saturated rings. The molecule has 25 heavy (non-hydrogen) atoms. The number of aromatic nitrogens is 2. The Kier molecular flexibility index (Phi) is 4.26. The number of hydrogen-bond acceptors (Lipinski definition) is 3. The molecule has 0 saturated heterocycles. The molecule has 0 aliphatic carbocycles. The molecule has 128 valence electrons. The molecule has 5 nitrogen and oxygen atoms in total. The van der Waals surface area contributed by atoms with Crippen LogP contribution in [0.25, 0.3) is 5.65 Å². The molecule has 1 amide bonds. The fraction of sp³-hybridized carbons (Fsp3) is 0.118. The molecule has 0 radical (unpaired) electrons. The van der Waals surface area contributed by atoms with Crippen molar-refractivity contribution >= 4 is 17.8 Å². The zero-order valence-corrected chi connectivity index (χ0v) is 13.1. The van der Waals surface area contributed by atoms with E-state index in [2.05, 4.69) is 15.5 Å². The number of aryl methyl sites for hydroxylation is 1. The Bertz CT molecular complexity index is 943. The Morgan fingerprint density at radius 2 is 1.92 bits per heavy atom. The van der Waals surface area contributed by atoms with Gasteiger partial charge in [-0.15, -0.1) is 0 Å². The van der Waals surface area contributed by atoms with Crippen LogP contribution in [0.4, 0.5) is 13.2 Å². The molecule has 0 unspecified atom stereocenters.